The number of fused-ring (bicyclic) bond motifs is 1. The minimum absolute atomic E-state index is 0.0695. The maximum Gasteiger partial charge on any atom is 0.416 e. The van der Waals surface area contributed by atoms with Crippen molar-refractivity contribution >= 4 is 28.9 Å². The van der Waals surface area contributed by atoms with Crippen LogP contribution >= 0.6 is 11.3 Å². The number of esters is 1. The smallest absolute Gasteiger partial charge is 0.416 e. The fourth-order valence-corrected chi connectivity index (χ4v) is 4.74. The molecule has 0 aliphatic carbocycles. The molecule has 0 spiro atoms. The van der Waals surface area contributed by atoms with Crippen molar-refractivity contribution in [1.82, 2.24) is 9.38 Å². The number of aromatic carboxylic acids is 1. The Bertz CT molecular complexity index is 1500. The van der Waals surface area contributed by atoms with Crippen LogP contribution in [0.25, 0.3) is 16.2 Å². The lowest BCUT2D eigenvalue weighted by Gasteiger charge is -2.19. The number of carbonyl (C=O) groups excluding carboxylic acids is 1. The standard InChI is InChI=1S/C26H23F3N2O5S/c1-14-16(23(32)33)9-10-31-18(12-30-22(14)31)20-11-19(21(37-20)24(34)36-25(2,3)4)35-13-15-7-5-6-8-17(15)26(27,28)29/h5-12H,13H2,1-4H3,(H,32,33). The van der Waals surface area contributed by atoms with E-state index in [0.717, 1.165) is 17.4 Å². The van der Waals surface area contributed by atoms with Crippen molar-refractivity contribution in [3.05, 3.63) is 75.9 Å². The summed E-state index contributed by atoms with van der Waals surface area (Å²) in [4.78, 5) is 29.4. The Labute approximate surface area is 214 Å². The summed E-state index contributed by atoms with van der Waals surface area (Å²) < 4.78 is 53.3. The summed E-state index contributed by atoms with van der Waals surface area (Å²) in [5.74, 6) is -1.69. The van der Waals surface area contributed by atoms with Gasteiger partial charge in [-0.25, -0.2) is 14.6 Å². The number of alkyl halides is 3. The molecule has 194 valence electrons. The van der Waals surface area contributed by atoms with E-state index in [2.05, 4.69) is 4.98 Å². The molecule has 4 aromatic rings. The number of pyridine rings is 1. The number of carboxylic acid groups (broad SMARTS) is 1. The van der Waals surface area contributed by atoms with Crippen LogP contribution in [0.2, 0.25) is 0 Å². The molecule has 0 unspecified atom stereocenters. The van der Waals surface area contributed by atoms with Crippen molar-refractivity contribution < 1.29 is 37.3 Å². The quantitative estimate of drug-likeness (QED) is 0.281. The Morgan fingerprint density at radius 2 is 1.84 bits per heavy atom. The SMILES string of the molecule is Cc1c(C(=O)O)ccn2c(-c3cc(OCc4ccccc4C(F)(F)F)c(C(=O)OC(C)(C)C)s3)cnc12. The van der Waals surface area contributed by atoms with Crippen molar-refractivity contribution in [3.63, 3.8) is 0 Å². The molecule has 0 aliphatic rings. The zero-order valence-corrected chi connectivity index (χ0v) is 21.2. The Morgan fingerprint density at radius 1 is 1.14 bits per heavy atom. The molecule has 11 heteroatoms. The van der Waals surface area contributed by atoms with Crippen LogP contribution in [0.1, 0.15) is 57.5 Å². The van der Waals surface area contributed by atoms with E-state index in [1.165, 1.54) is 30.5 Å². The Balaban J connectivity index is 1.76. The highest BCUT2D eigenvalue weighted by Crippen LogP contribution is 2.39. The van der Waals surface area contributed by atoms with E-state index in [1.54, 1.807) is 44.4 Å². The van der Waals surface area contributed by atoms with E-state index in [-0.39, 0.29) is 21.8 Å². The predicted molar refractivity (Wildman–Crippen MR) is 131 cm³/mol. The van der Waals surface area contributed by atoms with Gasteiger partial charge in [-0.15, -0.1) is 11.3 Å². The molecule has 3 aromatic heterocycles. The molecule has 37 heavy (non-hydrogen) atoms. The van der Waals surface area contributed by atoms with Crippen LogP contribution in [0.4, 0.5) is 13.2 Å². The van der Waals surface area contributed by atoms with Crippen LogP contribution in [0.3, 0.4) is 0 Å². The van der Waals surface area contributed by atoms with E-state index in [9.17, 15) is 27.9 Å². The average Bonchev–Trinajstić information content (AvgIpc) is 3.41. The van der Waals surface area contributed by atoms with Gasteiger partial charge in [-0.2, -0.15) is 13.2 Å². The highest BCUT2D eigenvalue weighted by atomic mass is 32.1. The van der Waals surface area contributed by atoms with E-state index < -0.39 is 35.9 Å². The molecule has 0 atom stereocenters. The number of aromatic nitrogens is 2. The van der Waals surface area contributed by atoms with Crippen molar-refractivity contribution in [2.75, 3.05) is 0 Å². The molecule has 0 bridgehead atoms. The lowest BCUT2D eigenvalue weighted by Crippen LogP contribution is -2.23. The lowest BCUT2D eigenvalue weighted by molar-refractivity contribution is -0.138. The molecule has 0 radical (unpaired) electrons. The molecule has 0 fully saturated rings. The summed E-state index contributed by atoms with van der Waals surface area (Å²) in [6.07, 6.45) is -1.47. The molecule has 0 amide bonds. The topological polar surface area (TPSA) is 90.1 Å². The zero-order chi connectivity index (χ0) is 27.1. The number of benzene rings is 1. The number of rotatable bonds is 6. The van der Waals surface area contributed by atoms with Gasteiger partial charge in [0.1, 0.15) is 23.6 Å². The van der Waals surface area contributed by atoms with Gasteiger partial charge in [-0.05, 0) is 39.8 Å². The largest absolute Gasteiger partial charge is 0.487 e. The summed E-state index contributed by atoms with van der Waals surface area (Å²) >= 11 is 1.04. The fourth-order valence-electron chi connectivity index (χ4n) is 3.75. The number of hydrogen-bond acceptors (Lipinski definition) is 6. The van der Waals surface area contributed by atoms with Crippen molar-refractivity contribution in [1.29, 1.82) is 0 Å². The summed E-state index contributed by atoms with van der Waals surface area (Å²) in [7, 11) is 0. The molecule has 7 nitrogen and oxygen atoms in total. The van der Waals surface area contributed by atoms with E-state index in [4.69, 9.17) is 9.47 Å². The van der Waals surface area contributed by atoms with Crippen molar-refractivity contribution in [2.24, 2.45) is 0 Å². The number of nitrogens with zero attached hydrogens (tertiary/aromatic N) is 2. The summed E-state index contributed by atoms with van der Waals surface area (Å²) in [6.45, 7) is 6.32. The van der Waals surface area contributed by atoms with Crippen LogP contribution in [0.5, 0.6) is 5.75 Å². The maximum absolute atomic E-state index is 13.4. The minimum atomic E-state index is -4.56. The number of halogens is 3. The molecule has 0 saturated carbocycles. The number of imidazole rings is 1. The van der Waals surface area contributed by atoms with Gasteiger partial charge in [0.2, 0.25) is 0 Å². The van der Waals surface area contributed by atoms with Gasteiger partial charge >= 0.3 is 18.1 Å². The van der Waals surface area contributed by atoms with Gasteiger partial charge < -0.3 is 14.6 Å². The van der Waals surface area contributed by atoms with Gasteiger partial charge in [-0.3, -0.25) is 4.40 Å². The summed E-state index contributed by atoms with van der Waals surface area (Å²) in [5, 5.41) is 9.39. The predicted octanol–water partition coefficient (Wildman–Crippen LogP) is 6.62. The number of ether oxygens (including phenoxy) is 2. The van der Waals surface area contributed by atoms with Crippen molar-refractivity contribution in [3.8, 4) is 16.3 Å². The normalized spacial score (nSPS) is 12.1. The van der Waals surface area contributed by atoms with Crippen LogP contribution in [-0.2, 0) is 17.5 Å². The second kappa shape index (κ2) is 9.55. The highest BCUT2D eigenvalue weighted by molar-refractivity contribution is 7.17. The van der Waals surface area contributed by atoms with Crippen LogP contribution < -0.4 is 4.74 Å². The molecule has 0 saturated heterocycles. The number of thiophene rings is 1. The van der Waals surface area contributed by atoms with E-state index in [0.29, 0.717) is 21.8 Å². The first-order valence-corrected chi connectivity index (χ1v) is 11.9. The average molecular weight is 533 g/mol. The molecular weight excluding hydrogens is 509 g/mol. The van der Waals surface area contributed by atoms with Gasteiger partial charge in [0, 0.05) is 23.4 Å². The van der Waals surface area contributed by atoms with Gasteiger partial charge in [0.15, 0.2) is 4.88 Å². The maximum atomic E-state index is 13.4. The lowest BCUT2D eigenvalue weighted by atomic mass is 10.1. The molecule has 3 heterocycles. The first-order valence-electron chi connectivity index (χ1n) is 11.1. The van der Waals surface area contributed by atoms with Gasteiger partial charge in [0.25, 0.3) is 0 Å². The monoisotopic (exact) mass is 532 g/mol. The first-order chi connectivity index (χ1) is 17.3. The molecule has 1 N–H and O–H groups in total. The van der Waals surface area contributed by atoms with Crippen LogP contribution in [0, 0.1) is 6.92 Å². The number of carbonyl (C=O) groups is 2. The molecule has 1 aromatic carbocycles. The Hall–Kier alpha value is -3.86. The zero-order valence-electron chi connectivity index (χ0n) is 20.3. The van der Waals surface area contributed by atoms with Gasteiger partial charge in [0.05, 0.1) is 27.9 Å². The Kier molecular flexibility index (Phi) is 6.76. The van der Waals surface area contributed by atoms with E-state index >= 15 is 0 Å². The molecular formula is C26H23F3N2O5S. The molecule has 0 aliphatic heterocycles. The minimum Gasteiger partial charge on any atom is -0.487 e. The van der Waals surface area contributed by atoms with Crippen LogP contribution in [-0.4, -0.2) is 32.0 Å². The fraction of sp³-hybridized carbons (Fsp3) is 0.269. The number of hydrogen-bond donors (Lipinski definition) is 1. The number of carboxylic acids is 1. The second-order valence-corrected chi connectivity index (χ2v) is 10.3. The second-order valence-electron chi connectivity index (χ2n) is 9.25. The summed E-state index contributed by atoms with van der Waals surface area (Å²) in [5.41, 5.74) is -0.169. The number of aryl methyl sites for hydroxylation is 1. The van der Waals surface area contributed by atoms with Gasteiger partial charge in [-0.1, -0.05) is 18.2 Å². The third kappa shape index (κ3) is 5.46. The Morgan fingerprint density at radius 3 is 2.49 bits per heavy atom. The summed E-state index contributed by atoms with van der Waals surface area (Å²) in [6, 6.07) is 8.06. The third-order valence-corrected chi connectivity index (χ3v) is 6.52. The van der Waals surface area contributed by atoms with Crippen LogP contribution in [0.15, 0.2) is 48.8 Å². The van der Waals surface area contributed by atoms with Crippen molar-refractivity contribution in [2.45, 2.75) is 46.1 Å². The molecule has 4 rings (SSSR count). The highest BCUT2D eigenvalue weighted by Gasteiger charge is 2.33. The van der Waals surface area contributed by atoms with E-state index in [1.807, 2.05) is 0 Å². The first kappa shape index (κ1) is 26.2. The third-order valence-electron chi connectivity index (χ3n) is 5.40.